The lowest BCUT2D eigenvalue weighted by Crippen LogP contribution is -2.49. The van der Waals surface area contributed by atoms with E-state index < -0.39 is 10.0 Å². The fourth-order valence-electron chi connectivity index (χ4n) is 4.18. The second kappa shape index (κ2) is 9.00. The first-order chi connectivity index (χ1) is 14.9. The van der Waals surface area contributed by atoms with Crippen molar-refractivity contribution in [3.05, 3.63) is 35.9 Å². The van der Waals surface area contributed by atoms with Gasteiger partial charge in [0.15, 0.2) is 11.6 Å². The summed E-state index contributed by atoms with van der Waals surface area (Å²) in [6.45, 7) is 8.15. The van der Waals surface area contributed by atoms with Gasteiger partial charge in [-0.1, -0.05) is 13.0 Å². The molecule has 0 radical (unpaired) electrons. The van der Waals surface area contributed by atoms with Crippen molar-refractivity contribution in [1.29, 1.82) is 0 Å². The largest absolute Gasteiger partial charge is 0.495 e. The normalized spacial score (nSPS) is 18.9. The van der Waals surface area contributed by atoms with Crippen LogP contribution < -0.4 is 14.5 Å². The Morgan fingerprint density at radius 3 is 2.03 bits per heavy atom. The molecular formula is C22H31N5O3S. The van der Waals surface area contributed by atoms with Gasteiger partial charge in [0.1, 0.15) is 10.6 Å². The number of hydrogen-bond acceptors (Lipinski definition) is 7. The van der Waals surface area contributed by atoms with Gasteiger partial charge in [-0.05, 0) is 55.5 Å². The van der Waals surface area contributed by atoms with Gasteiger partial charge in [0.05, 0.1) is 7.11 Å². The van der Waals surface area contributed by atoms with Gasteiger partial charge >= 0.3 is 0 Å². The van der Waals surface area contributed by atoms with Gasteiger partial charge in [0, 0.05) is 39.3 Å². The summed E-state index contributed by atoms with van der Waals surface area (Å²) in [5.74, 6) is 2.86. The third-order valence-electron chi connectivity index (χ3n) is 6.24. The first-order valence-electron chi connectivity index (χ1n) is 10.9. The first kappa shape index (κ1) is 21.8. The second-order valence-corrected chi connectivity index (χ2v) is 10.4. The first-order valence-corrected chi connectivity index (χ1v) is 12.3. The fourth-order valence-corrected chi connectivity index (χ4v) is 5.84. The molecule has 0 bridgehead atoms. The van der Waals surface area contributed by atoms with E-state index in [0.717, 1.165) is 36.2 Å². The molecule has 0 aliphatic carbocycles. The monoisotopic (exact) mass is 445 g/mol. The van der Waals surface area contributed by atoms with Gasteiger partial charge in [-0.25, -0.2) is 8.42 Å². The number of ether oxygens (including phenoxy) is 1. The lowest BCUT2D eigenvalue weighted by atomic mass is 9.99. The average Bonchev–Trinajstić information content (AvgIpc) is 2.80. The number of aromatic nitrogens is 2. The van der Waals surface area contributed by atoms with Gasteiger partial charge in [0.25, 0.3) is 0 Å². The molecule has 2 aliphatic heterocycles. The Bertz CT molecular complexity index is 996. The summed E-state index contributed by atoms with van der Waals surface area (Å²) in [5, 5.41) is 8.86. The van der Waals surface area contributed by atoms with Crippen molar-refractivity contribution in [3.63, 3.8) is 0 Å². The Hall–Kier alpha value is -2.39. The zero-order chi connectivity index (χ0) is 22.0. The molecule has 2 aromatic rings. The van der Waals surface area contributed by atoms with Crippen molar-refractivity contribution in [2.24, 2.45) is 5.92 Å². The summed E-state index contributed by atoms with van der Waals surface area (Å²) in [7, 11) is -2.13. The van der Waals surface area contributed by atoms with Crippen LogP contribution in [0.3, 0.4) is 0 Å². The summed E-state index contributed by atoms with van der Waals surface area (Å²) in [4.78, 5) is 4.61. The molecule has 8 nitrogen and oxygen atoms in total. The number of piperidine rings is 1. The molecule has 31 heavy (non-hydrogen) atoms. The highest BCUT2D eigenvalue weighted by Gasteiger charge is 2.31. The van der Waals surface area contributed by atoms with Crippen LogP contribution in [0.25, 0.3) is 0 Å². The molecule has 0 saturated carbocycles. The molecule has 2 saturated heterocycles. The number of benzene rings is 1. The van der Waals surface area contributed by atoms with Gasteiger partial charge in [-0.2, -0.15) is 4.31 Å². The Kier molecular flexibility index (Phi) is 6.34. The molecule has 4 rings (SSSR count). The lowest BCUT2D eigenvalue weighted by molar-refractivity contribution is 0.373. The zero-order valence-electron chi connectivity index (χ0n) is 18.5. The van der Waals surface area contributed by atoms with Crippen LogP contribution in [0.1, 0.15) is 25.3 Å². The molecule has 2 fully saturated rings. The summed E-state index contributed by atoms with van der Waals surface area (Å²) in [6.07, 6.45) is 2.37. The summed E-state index contributed by atoms with van der Waals surface area (Å²) >= 11 is 0. The molecule has 0 amide bonds. The fraction of sp³-hybridized carbons (Fsp3) is 0.545. The van der Waals surface area contributed by atoms with Gasteiger partial charge < -0.3 is 14.5 Å². The van der Waals surface area contributed by atoms with E-state index in [9.17, 15) is 8.42 Å². The molecule has 0 N–H and O–H groups in total. The molecule has 1 aromatic heterocycles. The van der Waals surface area contributed by atoms with Crippen molar-refractivity contribution in [1.82, 2.24) is 14.5 Å². The Morgan fingerprint density at radius 2 is 1.48 bits per heavy atom. The number of aryl methyl sites for hydroxylation is 1. The van der Waals surface area contributed by atoms with Crippen LogP contribution in [0.4, 0.5) is 11.6 Å². The molecule has 1 aromatic carbocycles. The summed E-state index contributed by atoms with van der Waals surface area (Å²) < 4.78 is 33.2. The van der Waals surface area contributed by atoms with E-state index in [1.54, 1.807) is 12.1 Å². The van der Waals surface area contributed by atoms with E-state index in [2.05, 4.69) is 26.9 Å². The number of anilines is 2. The SMILES string of the molecule is COc1ccc(C)cc1S(=O)(=O)N1CCN(c2ccc(N3CCC(C)CC3)nn2)CC1. The van der Waals surface area contributed by atoms with Crippen molar-refractivity contribution in [2.75, 3.05) is 56.2 Å². The number of nitrogens with zero attached hydrogens (tertiary/aromatic N) is 5. The van der Waals surface area contributed by atoms with E-state index in [-0.39, 0.29) is 4.90 Å². The van der Waals surface area contributed by atoms with E-state index in [1.807, 2.05) is 25.1 Å². The number of methoxy groups -OCH3 is 1. The highest BCUT2D eigenvalue weighted by Crippen LogP contribution is 2.29. The highest BCUT2D eigenvalue weighted by molar-refractivity contribution is 7.89. The number of sulfonamides is 1. The summed E-state index contributed by atoms with van der Waals surface area (Å²) in [5.41, 5.74) is 0.886. The number of piperazine rings is 1. The van der Waals surface area contributed by atoms with Gasteiger partial charge in [-0.3, -0.25) is 0 Å². The zero-order valence-corrected chi connectivity index (χ0v) is 19.3. The summed E-state index contributed by atoms with van der Waals surface area (Å²) in [6, 6.07) is 9.25. The quantitative estimate of drug-likeness (QED) is 0.700. The van der Waals surface area contributed by atoms with Crippen LogP contribution >= 0.6 is 0 Å². The minimum absolute atomic E-state index is 0.225. The molecule has 168 valence electrons. The maximum atomic E-state index is 13.2. The molecule has 0 spiro atoms. The van der Waals surface area contributed by atoms with E-state index in [1.165, 1.54) is 24.3 Å². The van der Waals surface area contributed by atoms with Crippen LogP contribution in [-0.2, 0) is 10.0 Å². The molecular weight excluding hydrogens is 414 g/mol. The Morgan fingerprint density at radius 1 is 0.903 bits per heavy atom. The predicted molar refractivity (Wildman–Crippen MR) is 121 cm³/mol. The topological polar surface area (TPSA) is 78.9 Å². The van der Waals surface area contributed by atoms with Crippen LogP contribution in [0.2, 0.25) is 0 Å². The third-order valence-corrected chi connectivity index (χ3v) is 8.16. The Balaban J connectivity index is 1.41. The maximum absolute atomic E-state index is 13.2. The number of rotatable bonds is 5. The Labute approximate surface area is 184 Å². The van der Waals surface area contributed by atoms with Crippen molar-refractivity contribution >= 4 is 21.7 Å². The van der Waals surface area contributed by atoms with E-state index >= 15 is 0 Å². The second-order valence-electron chi connectivity index (χ2n) is 8.46. The van der Waals surface area contributed by atoms with E-state index in [0.29, 0.717) is 31.9 Å². The van der Waals surface area contributed by atoms with Crippen LogP contribution in [0.5, 0.6) is 5.75 Å². The van der Waals surface area contributed by atoms with Gasteiger partial charge in [-0.15, -0.1) is 10.2 Å². The number of hydrogen-bond donors (Lipinski definition) is 0. The maximum Gasteiger partial charge on any atom is 0.246 e. The average molecular weight is 446 g/mol. The van der Waals surface area contributed by atoms with Crippen molar-refractivity contribution in [3.8, 4) is 5.75 Å². The van der Waals surface area contributed by atoms with Crippen molar-refractivity contribution in [2.45, 2.75) is 31.6 Å². The van der Waals surface area contributed by atoms with Gasteiger partial charge in [0.2, 0.25) is 10.0 Å². The smallest absolute Gasteiger partial charge is 0.246 e. The molecule has 9 heteroatoms. The predicted octanol–water partition coefficient (Wildman–Crippen LogP) is 2.54. The molecule has 0 unspecified atom stereocenters. The highest BCUT2D eigenvalue weighted by atomic mass is 32.2. The van der Waals surface area contributed by atoms with E-state index in [4.69, 9.17) is 4.74 Å². The molecule has 0 atom stereocenters. The molecule has 3 heterocycles. The minimum Gasteiger partial charge on any atom is -0.495 e. The lowest BCUT2D eigenvalue weighted by Gasteiger charge is -2.35. The van der Waals surface area contributed by atoms with Crippen molar-refractivity contribution < 1.29 is 13.2 Å². The molecule has 2 aliphatic rings. The third kappa shape index (κ3) is 4.62. The van der Waals surface area contributed by atoms with Crippen LogP contribution in [-0.4, -0.2) is 69.3 Å². The minimum atomic E-state index is -3.62. The standard InChI is InChI=1S/C22H31N5O3S/c1-17-8-10-25(11-9-17)21-6-7-22(24-23-21)26-12-14-27(15-13-26)31(28,29)20-16-18(2)4-5-19(20)30-3/h4-7,16-17H,8-15H2,1-3H3. The van der Waals surface area contributed by atoms with Crippen LogP contribution in [0.15, 0.2) is 35.2 Å². The van der Waals surface area contributed by atoms with Crippen LogP contribution in [0, 0.1) is 12.8 Å².